The van der Waals surface area contributed by atoms with Crippen LogP contribution < -0.4 is 5.32 Å². The maximum atomic E-state index is 4.26. The molecule has 0 radical (unpaired) electrons. The number of fused-ring (bicyclic) bond motifs is 1. The van der Waals surface area contributed by atoms with Crippen molar-refractivity contribution in [3.8, 4) is 0 Å². The average Bonchev–Trinajstić information content (AvgIpc) is 2.64. The average molecular weight is 179 g/mol. The van der Waals surface area contributed by atoms with Crippen molar-refractivity contribution in [1.82, 2.24) is 14.9 Å². The van der Waals surface area contributed by atoms with Crippen LogP contribution in [0.4, 0.5) is 0 Å². The molecule has 72 valence electrons. The van der Waals surface area contributed by atoms with Gasteiger partial charge < -0.3 is 9.88 Å². The lowest BCUT2D eigenvalue weighted by Gasteiger charge is -2.16. The first-order chi connectivity index (χ1) is 6.42. The molecule has 0 fully saturated rings. The number of hydrogen-bond donors (Lipinski definition) is 1. The monoisotopic (exact) mass is 179 g/mol. The Kier molecular flexibility index (Phi) is 3.71. The standard InChI is InChI=1S/C8H11N3.C2H6/c1-2-7-5-10-8-6-9-3-4-11(7)8;1-2/h2,5,9H,1,3-4,6H2;1-2H3. The maximum Gasteiger partial charge on any atom is 0.123 e. The molecular formula is C10H17N3. The molecule has 0 saturated heterocycles. The van der Waals surface area contributed by atoms with Crippen LogP contribution in [0.5, 0.6) is 0 Å². The van der Waals surface area contributed by atoms with Crippen molar-refractivity contribution in [3.63, 3.8) is 0 Å². The van der Waals surface area contributed by atoms with Gasteiger partial charge in [0.15, 0.2) is 0 Å². The van der Waals surface area contributed by atoms with Gasteiger partial charge in [-0.1, -0.05) is 20.4 Å². The lowest BCUT2D eigenvalue weighted by atomic mass is 10.4. The van der Waals surface area contributed by atoms with Crippen LogP contribution in [-0.4, -0.2) is 16.1 Å². The second-order valence-corrected chi connectivity index (χ2v) is 2.63. The Bertz CT molecular complexity index is 276. The van der Waals surface area contributed by atoms with E-state index < -0.39 is 0 Å². The molecular weight excluding hydrogens is 162 g/mol. The van der Waals surface area contributed by atoms with Gasteiger partial charge in [0.05, 0.1) is 18.4 Å². The lowest BCUT2D eigenvalue weighted by molar-refractivity contribution is 0.503. The van der Waals surface area contributed by atoms with Crippen LogP contribution >= 0.6 is 0 Å². The SMILES string of the molecule is C=Cc1cnc2n1CCNC2.CC. The van der Waals surface area contributed by atoms with E-state index in [-0.39, 0.29) is 0 Å². The van der Waals surface area contributed by atoms with Crippen molar-refractivity contribution in [2.24, 2.45) is 0 Å². The summed E-state index contributed by atoms with van der Waals surface area (Å²) in [4.78, 5) is 4.26. The fraction of sp³-hybridized carbons (Fsp3) is 0.500. The predicted molar refractivity (Wildman–Crippen MR) is 55.4 cm³/mol. The van der Waals surface area contributed by atoms with Gasteiger partial charge >= 0.3 is 0 Å². The van der Waals surface area contributed by atoms with E-state index in [0.717, 1.165) is 31.2 Å². The van der Waals surface area contributed by atoms with E-state index in [1.54, 1.807) is 0 Å². The molecule has 1 aliphatic rings. The molecule has 2 heterocycles. The summed E-state index contributed by atoms with van der Waals surface area (Å²) < 4.78 is 2.20. The van der Waals surface area contributed by atoms with E-state index in [1.165, 1.54) is 0 Å². The zero-order valence-corrected chi connectivity index (χ0v) is 8.38. The number of nitrogens with zero attached hydrogens (tertiary/aromatic N) is 2. The highest BCUT2D eigenvalue weighted by Crippen LogP contribution is 2.08. The number of hydrogen-bond acceptors (Lipinski definition) is 2. The Morgan fingerprint density at radius 2 is 2.38 bits per heavy atom. The number of rotatable bonds is 1. The molecule has 13 heavy (non-hydrogen) atoms. The van der Waals surface area contributed by atoms with Crippen LogP contribution in [0.15, 0.2) is 12.8 Å². The van der Waals surface area contributed by atoms with Crippen molar-refractivity contribution in [2.45, 2.75) is 26.9 Å². The van der Waals surface area contributed by atoms with Crippen LogP contribution in [0.25, 0.3) is 6.08 Å². The molecule has 0 spiro atoms. The zero-order chi connectivity index (χ0) is 9.68. The molecule has 3 nitrogen and oxygen atoms in total. The van der Waals surface area contributed by atoms with E-state index in [2.05, 4.69) is 21.4 Å². The summed E-state index contributed by atoms with van der Waals surface area (Å²) in [5, 5.41) is 3.26. The Hall–Kier alpha value is -1.09. The molecule has 0 aromatic carbocycles. The summed E-state index contributed by atoms with van der Waals surface area (Å²) in [6, 6.07) is 0. The van der Waals surface area contributed by atoms with Crippen LogP contribution in [0.3, 0.4) is 0 Å². The molecule has 0 unspecified atom stereocenters. The third-order valence-corrected chi connectivity index (χ3v) is 1.97. The molecule has 1 aromatic heterocycles. The number of nitrogens with one attached hydrogen (secondary N) is 1. The van der Waals surface area contributed by atoms with Gasteiger partial charge in [-0.3, -0.25) is 0 Å². The first-order valence-corrected chi connectivity index (χ1v) is 4.79. The van der Waals surface area contributed by atoms with Gasteiger partial charge in [0.2, 0.25) is 0 Å². The Labute approximate surface area is 79.5 Å². The second-order valence-electron chi connectivity index (χ2n) is 2.63. The molecule has 1 aromatic rings. The number of aromatic nitrogens is 2. The van der Waals surface area contributed by atoms with Crippen molar-refractivity contribution in [2.75, 3.05) is 6.54 Å². The largest absolute Gasteiger partial charge is 0.326 e. The van der Waals surface area contributed by atoms with E-state index >= 15 is 0 Å². The minimum absolute atomic E-state index is 0.883. The van der Waals surface area contributed by atoms with Gasteiger partial charge in [-0.15, -0.1) is 0 Å². The molecule has 2 rings (SSSR count). The van der Waals surface area contributed by atoms with Gasteiger partial charge in [0, 0.05) is 13.1 Å². The van der Waals surface area contributed by atoms with Crippen molar-refractivity contribution in [1.29, 1.82) is 0 Å². The minimum atomic E-state index is 0.883. The van der Waals surface area contributed by atoms with Crippen LogP contribution in [0, 0.1) is 0 Å². The van der Waals surface area contributed by atoms with Crippen LogP contribution in [0.2, 0.25) is 0 Å². The van der Waals surface area contributed by atoms with E-state index in [0.29, 0.717) is 0 Å². The van der Waals surface area contributed by atoms with Gasteiger partial charge in [0.25, 0.3) is 0 Å². The predicted octanol–water partition coefficient (Wildman–Crippen LogP) is 1.66. The second kappa shape index (κ2) is 4.82. The molecule has 0 saturated carbocycles. The van der Waals surface area contributed by atoms with E-state index in [4.69, 9.17) is 0 Å². The maximum absolute atomic E-state index is 4.26. The van der Waals surface area contributed by atoms with Crippen molar-refractivity contribution >= 4 is 6.08 Å². The van der Waals surface area contributed by atoms with Gasteiger partial charge in [-0.05, 0) is 6.08 Å². The Balaban J connectivity index is 0.000000396. The molecule has 3 heteroatoms. The van der Waals surface area contributed by atoms with E-state index in [9.17, 15) is 0 Å². The fourth-order valence-electron chi connectivity index (χ4n) is 1.38. The minimum Gasteiger partial charge on any atom is -0.326 e. The quantitative estimate of drug-likeness (QED) is 0.710. The summed E-state index contributed by atoms with van der Waals surface area (Å²) in [6.45, 7) is 10.7. The summed E-state index contributed by atoms with van der Waals surface area (Å²) in [7, 11) is 0. The Morgan fingerprint density at radius 1 is 1.62 bits per heavy atom. The molecule has 0 amide bonds. The normalized spacial score (nSPS) is 14.0. The van der Waals surface area contributed by atoms with Gasteiger partial charge in [0.1, 0.15) is 5.82 Å². The topological polar surface area (TPSA) is 29.9 Å². The molecule has 0 aliphatic carbocycles. The van der Waals surface area contributed by atoms with Gasteiger partial charge in [-0.25, -0.2) is 4.98 Å². The summed E-state index contributed by atoms with van der Waals surface area (Å²) in [5.74, 6) is 1.12. The summed E-state index contributed by atoms with van der Waals surface area (Å²) in [6.07, 6.45) is 3.72. The highest BCUT2D eigenvalue weighted by Gasteiger charge is 2.10. The summed E-state index contributed by atoms with van der Waals surface area (Å²) >= 11 is 0. The summed E-state index contributed by atoms with van der Waals surface area (Å²) in [5.41, 5.74) is 1.13. The third-order valence-electron chi connectivity index (χ3n) is 1.97. The molecule has 0 atom stereocenters. The van der Waals surface area contributed by atoms with Crippen LogP contribution in [-0.2, 0) is 13.1 Å². The molecule has 1 N–H and O–H groups in total. The first kappa shape index (κ1) is 9.99. The van der Waals surface area contributed by atoms with E-state index in [1.807, 2.05) is 26.1 Å². The van der Waals surface area contributed by atoms with Crippen molar-refractivity contribution < 1.29 is 0 Å². The molecule has 0 bridgehead atoms. The van der Waals surface area contributed by atoms with Gasteiger partial charge in [-0.2, -0.15) is 0 Å². The zero-order valence-electron chi connectivity index (χ0n) is 8.38. The van der Waals surface area contributed by atoms with Crippen LogP contribution in [0.1, 0.15) is 25.4 Å². The smallest absolute Gasteiger partial charge is 0.123 e. The lowest BCUT2D eigenvalue weighted by Crippen LogP contribution is -2.28. The first-order valence-electron chi connectivity index (χ1n) is 4.79. The fourth-order valence-corrected chi connectivity index (χ4v) is 1.38. The third kappa shape index (κ3) is 1.98. The highest BCUT2D eigenvalue weighted by atomic mass is 15.1. The number of imidazole rings is 1. The highest BCUT2D eigenvalue weighted by molar-refractivity contribution is 5.41. The van der Waals surface area contributed by atoms with Crippen molar-refractivity contribution in [3.05, 3.63) is 24.3 Å². The Morgan fingerprint density at radius 3 is 3.08 bits per heavy atom. The molecule has 1 aliphatic heterocycles.